The number of rotatable bonds is 1. The number of benzene rings is 1. The summed E-state index contributed by atoms with van der Waals surface area (Å²) in [6.07, 6.45) is 3.14. The lowest BCUT2D eigenvalue weighted by Crippen LogP contribution is -2.44. The molecule has 1 N–H and O–H groups in total. The number of hydrogen-bond donors (Lipinski definition) is 1. The van der Waals surface area contributed by atoms with Crippen LogP contribution in [0.15, 0.2) is 18.2 Å². The molecular formula is C13H14Cl2FN. The molecule has 0 aliphatic carbocycles. The third-order valence-electron chi connectivity index (χ3n) is 3.91. The number of nitrogens with one attached hydrogen (secondary N) is 1. The highest BCUT2D eigenvalue weighted by Gasteiger charge is 2.46. The monoisotopic (exact) mass is 273 g/mol. The summed E-state index contributed by atoms with van der Waals surface area (Å²) in [7, 11) is 0. The highest BCUT2D eigenvalue weighted by molar-refractivity contribution is 6.42. The molecule has 0 saturated carbocycles. The van der Waals surface area contributed by atoms with Gasteiger partial charge in [0.25, 0.3) is 0 Å². The Hall–Kier alpha value is -0.310. The summed E-state index contributed by atoms with van der Waals surface area (Å²) in [4.78, 5) is 0. The first kappa shape index (κ1) is 11.8. The summed E-state index contributed by atoms with van der Waals surface area (Å²) >= 11 is 12.1. The molecule has 4 heteroatoms. The maximum atomic E-state index is 15.1. The number of hydrogen-bond acceptors (Lipinski definition) is 1. The van der Waals surface area contributed by atoms with Crippen LogP contribution < -0.4 is 5.32 Å². The summed E-state index contributed by atoms with van der Waals surface area (Å²) < 4.78 is 15.1. The molecule has 2 bridgehead atoms. The van der Waals surface area contributed by atoms with Crippen LogP contribution in [0.5, 0.6) is 0 Å². The lowest BCUT2D eigenvalue weighted by molar-refractivity contribution is 0.0875. The van der Waals surface area contributed by atoms with E-state index in [1.807, 2.05) is 0 Å². The largest absolute Gasteiger partial charge is 0.311 e. The molecule has 0 aromatic heterocycles. The van der Waals surface area contributed by atoms with Crippen LogP contribution in [0.1, 0.15) is 31.2 Å². The van der Waals surface area contributed by atoms with Gasteiger partial charge in [0.1, 0.15) is 5.67 Å². The topological polar surface area (TPSA) is 12.0 Å². The zero-order chi connectivity index (χ0) is 12.0. The van der Waals surface area contributed by atoms with Crippen LogP contribution >= 0.6 is 23.2 Å². The molecule has 92 valence electrons. The zero-order valence-corrected chi connectivity index (χ0v) is 10.9. The molecule has 0 radical (unpaired) electrons. The van der Waals surface area contributed by atoms with Gasteiger partial charge in [-0.05, 0) is 18.9 Å². The minimum absolute atomic E-state index is 0.286. The van der Waals surface area contributed by atoms with Crippen molar-refractivity contribution in [2.45, 2.75) is 43.4 Å². The van der Waals surface area contributed by atoms with Crippen molar-refractivity contribution >= 4 is 23.2 Å². The van der Waals surface area contributed by atoms with E-state index in [1.54, 1.807) is 18.2 Å². The van der Waals surface area contributed by atoms with Crippen molar-refractivity contribution in [3.63, 3.8) is 0 Å². The van der Waals surface area contributed by atoms with Gasteiger partial charge < -0.3 is 5.32 Å². The first-order valence-corrected chi connectivity index (χ1v) is 6.73. The standard InChI is InChI=1S/C13H14Cl2FN/c14-11-3-1-2-10(12(11)15)13(16)6-8-4-5-9(7-13)17-8/h1-3,8-9,17H,4-7H2. The number of halogens is 3. The maximum absolute atomic E-state index is 15.1. The predicted molar refractivity (Wildman–Crippen MR) is 68.4 cm³/mol. The van der Waals surface area contributed by atoms with Crippen LogP contribution in [0, 0.1) is 0 Å². The molecule has 0 spiro atoms. The van der Waals surface area contributed by atoms with Gasteiger partial charge in [0.2, 0.25) is 0 Å². The van der Waals surface area contributed by atoms with Crippen molar-refractivity contribution in [2.24, 2.45) is 0 Å². The molecule has 2 saturated heterocycles. The predicted octanol–water partition coefficient (Wildman–Crippen LogP) is 4.07. The van der Waals surface area contributed by atoms with E-state index in [0.29, 0.717) is 28.5 Å². The lowest BCUT2D eigenvalue weighted by Gasteiger charge is -2.35. The molecule has 2 aliphatic rings. The van der Waals surface area contributed by atoms with Gasteiger partial charge in [0.15, 0.2) is 0 Å². The van der Waals surface area contributed by atoms with E-state index in [9.17, 15) is 0 Å². The second kappa shape index (κ2) is 4.11. The molecular weight excluding hydrogens is 260 g/mol. The molecule has 2 atom stereocenters. The third-order valence-corrected chi connectivity index (χ3v) is 4.73. The lowest BCUT2D eigenvalue weighted by atomic mass is 9.83. The molecule has 1 aromatic carbocycles. The number of alkyl halides is 1. The Labute approximate surface area is 110 Å². The quantitative estimate of drug-likeness (QED) is 0.813. The minimum Gasteiger partial charge on any atom is -0.311 e. The first-order chi connectivity index (χ1) is 8.08. The molecule has 2 heterocycles. The number of piperidine rings is 1. The van der Waals surface area contributed by atoms with E-state index in [-0.39, 0.29) is 12.1 Å². The summed E-state index contributed by atoms with van der Waals surface area (Å²) in [6.45, 7) is 0. The Morgan fingerprint density at radius 3 is 2.47 bits per heavy atom. The average molecular weight is 274 g/mol. The molecule has 1 nitrogen and oxygen atoms in total. The van der Waals surface area contributed by atoms with Crippen LogP contribution in [0.2, 0.25) is 10.0 Å². The summed E-state index contributed by atoms with van der Waals surface area (Å²) in [6, 6.07) is 5.81. The Morgan fingerprint density at radius 2 is 1.82 bits per heavy atom. The molecule has 17 heavy (non-hydrogen) atoms. The fourth-order valence-electron chi connectivity index (χ4n) is 3.16. The second-order valence-corrected chi connectivity index (χ2v) is 5.90. The normalized spacial score (nSPS) is 36.2. The SMILES string of the molecule is FC1(c2cccc(Cl)c2Cl)CC2CCC(C1)N2. The molecule has 2 fully saturated rings. The second-order valence-electron chi connectivity index (χ2n) is 5.11. The van der Waals surface area contributed by atoms with Gasteiger partial charge in [-0.3, -0.25) is 0 Å². The van der Waals surface area contributed by atoms with Crippen molar-refractivity contribution in [1.82, 2.24) is 5.32 Å². The number of fused-ring (bicyclic) bond motifs is 2. The van der Waals surface area contributed by atoms with Crippen LogP contribution in [0.3, 0.4) is 0 Å². The highest BCUT2D eigenvalue weighted by Crippen LogP contribution is 2.47. The Kier molecular flexibility index (Phi) is 2.85. The van der Waals surface area contributed by atoms with E-state index in [0.717, 1.165) is 12.8 Å². The van der Waals surface area contributed by atoms with E-state index in [1.165, 1.54) is 0 Å². The van der Waals surface area contributed by atoms with Crippen molar-refractivity contribution in [1.29, 1.82) is 0 Å². The van der Waals surface area contributed by atoms with Gasteiger partial charge in [-0.2, -0.15) is 0 Å². The smallest absolute Gasteiger partial charge is 0.140 e. The Balaban J connectivity index is 2.00. The fourth-order valence-corrected chi connectivity index (χ4v) is 3.63. The molecule has 2 aliphatic heterocycles. The van der Waals surface area contributed by atoms with Gasteiger partial charge in [0, 0.05) is 30.5 Å². The van der Waals surface area contributed by atoms with E-state index in [2.05, 4.69) is 5.32 Å². The van der Waals surface area contributed by atoms with Gasteiger partial charge >= 0.3 is 0 Å². The van der Waals surface area contributed by atoms with E-state index < -0.39 is 5.67 Å². The fraction of sp³-hybridized carbons (Fsp3) is 0.538. The molecule has 3 rings (SSSR count). The first-order valence-electron chi connectivity index (χ1n) is 5.98. The van der Waals surface area contributed by atoms with E-state index >= 15 is 4.39 Å². The average Bonchev–Trinajstić information content (AvgIpc) is 2.62. The summed E-state index contributed by atoms with van der Waals surface area (Å²) in [5.41, 5.74) is -0.760. The van der Waals surface area contributed by atoms with Crippen LogP contribution in [0.25, 0.3) is 0 Å². The maximum Gasteiger partial charge on any atom is 0.140 e. The van der Waals surface area contributed by atoms with Crippen LogP contribution in [-0.4, -0.2) is 12.1 Å². The van der Waals surface area contributed by atoms with Crippen molar-refractivity contribution < 1.29 is 4.39 Å². The van der Waals surface area contributed by atoms with Gasteiger partial charge in [-0.25, -0.2) is 4.39 Å². The summed E-state index contributed by atoms with van der Waals surface area (Å²) in [5, 5.41) is 4.24. The van der Waals surface area contributed by atoms with Crippen molar-refractivity contribution in [3.8, 4) is 0 Å². The van der Waals surface area contributed by atoms with Gasteiger partial charge in [0.05, 0.1) is 10.0 Å². The third kappa shape index (κ3) is 1.96. The van der Waals surface area contributed by atoms with Crippen LogP contribution in [-0.2, 0) is 5.67 Å². The highest BCUT2D eigenvalue weighted by atomic mass is 35.5. The Morgan fingerprint density at radius 1 is 1.18 bits per heavy atom. The molecule has 1 aromatic rings. The van der Waals surface area contributed by atoms with Gasteiger partial charge in [-0.15, -0.1) is 0 Å². The summed E-state index contributed by atoms with van der Waals surface area (Å²) in [5.74, 6) is 0. The van der Waals surface area contributed by atoms with Crippen LogP contribution in [0.4, 0.5) is 4.39 Å². The zero-order valence-electron chi connectivity index (χ0n) is 9.35. The van der Waals surface area contributed by atoms with Gasteiger partial charge in [-0.1, -0.05) is 35.3 Å². The molecule has 0 amide bonds. The van der Waals surface area contributed by atoms with Crippen molar-refractivity contribution in [3.05, 3.63) is 33.8 Å². The Bertz CT molecular complexity index is 437. The minimum atomic E-state index is -1.32. The molecule has 2 unspecified atom stereocenters. The van der Waals surface area contributed by atoms with Crippen molar-refractivity contribution in [2.75, 3.05) is 0 Å². The van der Waals surface area contributed by atoms with E-state index in [4.69, 9.17) is 23.2 Å².